The normalized spacial score (nSPS) is 17.8. The predicted molar refractivity (Wildman–Crippen MR) is 87.9 cm³/mol. The molecule has 1 atom stereocenters. The first-order chi connectivity index (χ1) is 9.90. The molecule has 1 fully saturated rings. The molecule has 0 aromatic heterocycles. The highest BCUT2D eigenvalue weighted by molar-refractivity contribution is 7.89. The van der Waals surface area contributed by atoms with Crippen LogP contribution >= 0.6 is 12.4 Å². The standard InChI is InChI=1S/C14H21N3O3S.ClH/c1-17(2)14(18)11-5-7-13(8-6-11)21(19,20)16-10-12-4-3-9-15-12;/h5-8,12,15-16H,3-4,9-10H2,1-2H3;1H. The summed E-state index contributed by atoms with van der Waals surface area (Å²) < 4.78 is 26.9. The summed E-state index contributed by atoms with van der Waals surface area (Å²) in [6, 6.07) is 6.19. The number of nitrogens with zero attached hydrogens (tertiary/aromatic N) is 1. The molecule has 0 radical (unpaired) electrons. The number of hydrogen-bond donors (Lipinski definition) is 2. The Bertz CT molecular complexity index is 596. The van der Waals surface area contributed by atoms with Gasteiger partial charge in [-0.25, -0.2) is 13.1 Å². The van der Waals surface area contributed by atoms with Gasteiger partial charge < -0.3 is 10.2 Å². The van der Waals surface area contributed by atoms with Crippen LogP contribution in [0.3, 0.4) is 0 Å². The number of rotatable bonds is 5. The van der Waals surface area contributed by atoms with Gasteiger partial charge in [-0.1, -0.05) is 0 Å². The molecule has 1 aliphatic rings. The third-order valence-corrected chi connectivity index (χ3v) is 4.94. The summed E-state index contributed by atoms with van der Waals surface area (Å²) in [5.41, 5.74) is 0.469. The molecule has 124 valence electrons. The van der Waals surface area contributed by atoms with Gasteiger partial charge in [0.15, 0.2) is 0 Å². The molecule has 1 aromatic carbocycles. The second-order valence-corrected chi connectivity index (χ2v) is 7.14. The SMILES string of the molecule is CN(C)C(=O)c1ccc(S(=O)(=O)NCC2CCCN2)cc1.Cl. The van der Waals surface area contributed by atoms with Crippen molar-refractivity contribution in [3.8, 4) is 0 Å². The van der Waals surface area contributed by atoms with E-state index in [4.69, 9.17) is 0 Å². The maximum atomic E-state index is 12.2. The Morgan fingerprint density at radius 2 is 1.95 bits per heavy atom. The number of hydrogen-bond acceptors (Lipinski definition) is 4. The summed E-state index contributed by atoms with van der Waals surface area (Å²) in [4.78, 5) is 13.4. The number of carbonyl (C=O) groups excluding carboxylic acids is 1. The topological polar surface area (TPSA) is 78.5 Å². The molecule has 1 amide bonds. The molecule has 8 heteroatoms. The first kappa shape index (κ1) is 18.9. The van der Waals surface area contributed by atoms with Crippen LogP contribution < -0.4 is 10.0 Å². The maximum absolute atomic E-state index is 12.2. The number of carbonyl (C=O) groups is 1. The molecule has 0 spiro atoms. The first-order valence-electron chi connectivity index (χ1n) is 6.95. The molecule has 6 nitrogen and oxygen atoms in total. The zero-order valence-corrected chi connectivity index (χ0v) is 14.3. The van der Waals surface area contributed by atoms with Gasteiger partial charge in [-0.2, -0.15) is 0 Å². The van der Waals surface area contributed by atoms with Crippen LogP contribution in [0.25, 0.3) is 0 Å². The lowest BCUT2D eigenvalue weighted by Crippen LogP contribution is -2.37. The summed E-state index contributed by atoms with van der Waals surface area (Å²) in [6.45, 7) is 1.33. The highest BCUT2D eigenvalue weighted by Gasteiger charge is 2.19. The van der Waals surface area contributed by atoms with E-state index in [2.05, 4.69) is 10.0 Å². The average molecular weight is 348 g/mol. The molecule has 1 aliphatic heterocycles. The fourth-order valence-corrected chi connectivity index (χ4v) is 3.34. The largest absolute Gasteiger partial charge is 0.345 e. The van der Waals surface area contributed by atoms with E-state index in [-0.39, 0.29) is 29.3 Å². The highest BCUT2D eigenvalue weighted by atomic mass is 35.5. The van der Waals surface area contributed by atoms with Gasteiger partial charge in [0, 0.05) is 32.2 Å². The maximum Gasteiger partial charge on any atom is 0.253 e. The number of nitrogens with one attached hydrogen (secondary N) is 2. The molecule has 1 saturated heterocycles. The van der Waals surface area contributed by atoms with E-state index in [1.165, 1.54) is 29.2 Å². The Kier molecular flexibility index (Phi) is 6.80. The lowest BCUT2D eigenvalue weighted by molar-refractivity contribution is 0.0827. The summed E-state index contributed by atoms with van der Waals surface area (Å²) in [7, 11) is -0.214. The minimum atomic E-state index is -3.53. The van der Waals surface area contributed by atoms with Crippen LogP contribution in [0, 0.1) is 0 Å². The molecule has 2 rings (SSSR count). The molecule has 1 unspecified atom stereocenters. The van der Waals surface area contributed by atoms with E-state index >= 15 is 0 Å². The number of sulfonamides is 1. The zero-order valence-electron chi connectivity index (χ0n) is 12.7. The number of amides is 1. The minimum Gasteiger partial charge on any atom is -0.345 e. The molecule has 0 aliphatic carbocycles. The van der Waals surface area contributed by atoms with Gasteiger partial charge in [-0.15, -0.1) is 12.4 Å². The molecule has 0 bridgehead atoms. The van der Waals surface area contributed by atoms with E-state index < -0.39 is 10.0 Å². The average Bonchev–Trinajstić information content (AvgIpc) is 2.98. The van der Waals surface area contributed by atoms with Gasteiger partial charge in [0.25, 0.3) is 5.91 Å². The van der Waals surface area contributed by atoms with Crippen LogP contribution in [-0.2, 0) is 10.0 Å². The zero-order chi connectivity index (χ0) is 15.5. The Hall–Kier alpha value is -1.15. The van der Waals surface area contributed by atoms with Gasteiger partial charge in [0.2, 0.25) is 10.0 Å². The number of halogens is 1. The second kappa shape index (κ2) is 7.92. The van der Waals surface area contributed by atoms with Crippen molar-refractivity contribution in [1.82, 2.24) is 14.9 Å². The molecular weight excluding hydrogens is 326 g/mol. The van der Waals surface area contributed by atoms with Crippen LogP contribution in [-0.4, -0.2) is 52.5 Å². The van der Waals surface area contributed by atoms with Crippen molar-refractivity contribution in [3.63, 3.8) is 0 Å². The predicted octanol–water partition coefficient (Wildman–Crippen LogP) is 0.841. The lowest BCUT2D eigenvalue weighted by Gasteiger charge is -2.13. The molecular formula is C14H22ClN3O3S. The Labute approximate surface area is 137 Å². The highest BCUT2D eigenvalue weighted by Crippen LogP contribution is 2.12. The van der Waals surface area contributed by atoms with Crippen molar-refractivity contribution >= 4 is 28.3 Å². The lowest BCUT2D eigenvalue weighted by atomic mass is 10.2. The molecule has 1 aromatic rings. The second-order valence-electron chi connectivity index (χ2n) is 5.37. The van der Waals surface area contributed by atoms with E-state index in [1.54, 1.807) is 14.1 Å². The van der Waals surface area contributed by atoms with Crippen molar-refractivity contribution < 1.29 is 13.2 Å². The van der Waals surface area contributed by atoms with Crippen LogP contribution in [0.5, 0.6) is 0 Å². The molecule has 22 heavy (non-hydrogen) atoms. The van der Waals surface area contributed by atoms with E-state index in [1.807, 2.05) is 0 Å². The van der Waals surface area contributed by atoms with E-state index in [0.717, 1.165) is 19.4 Å². The first-order valence-corrected chi connectivity index (χ1v) is 8.43. The Morgan fingerprint density at radius 3 is 2.45 bits per heavy atom. The van der Waals surface area contributed by atoms with Crippen molar-refractivity contribution in [2.45, 2.75) is 23.8 Å². The fraction of sp³-hybridized carbons (Fsp3) is 0.500. The van der Waals surface area contributed by atoms with E-state index in [9.17, 15) is 13.2 Å². The minimum absolute atomic E-state index is 0. The molecule has 0 saturated carbocycles. The summed E-state index contributed by atoms with van der Waals surface area (Å²) >= 11 is 0. The monoisotopic (exact) mass is 347 g/mol. The van der Waals surface area contributed by atoms with Gasteiger partial charge in [-0.05, 0) is 43.7 Å². The Morgan fingerprint density at radius 1 is 1.32 bits per heavy atom. The third-order valence-electron chi connectivity index (χ3n) is 3.50. The van der Waals surface area contributed by atoms with Crippen molar-refractivity contribution in [2.24, 2.45) is 0 Å². The van der Waals surface area contributed by atoms with E-state index in [0.29, 0.717) is 12.1 Å². The van der Waals surface area contributed by atoms with Crippen molar-refractivity contribution in [3.05, 3.63) is 29.8 Å². The summed E-state index contributed by atoms with van der Waals surface area (Å²) in [6.07, 6.45) is 2.06. The summed E-state index contributed by atoms with van der Waals surface area (Å²) in [5.74, 6) is -0.151. The quantitative estimate of drug-likeness (QED) is 0.827. The van der Waals surface area contributed by atoms with Crippen LogP contribution in [0.1, 0.15) is 23.2 Å². The Balaban J connectivity index is 0.00000242. The molecule has 1 heterocycles. The van der Waals surface area contributed by atoms with Gasteiger partial charge in [0.1, 0.15) is 0 Å². The number of benzene rings is 1. The third kappa shape index (κ3) is 4.67. The van der Waals surface area contributed by atoms with Gasteiger partial charge >= 0.3 is 0 Å². The van der Waals surface area contributed by atoms with Crippen LogP contribution in [0.2, 0.25) is 0 Å². The van der Waals surface area contributed by atoms with Gasteiger partial charge in [-0.3, -0.25) is 4.79 Å². The fourth-order valence-electron chi connectivity index (χ4n) is 2.26. The van der Waals surface area contributed by atoms with Crippen LogP contribution in [0.4, 0.5) is 0 Å². The smallest absolute Gasteiger partial charge is 0.253 e. The van der Waals surface area contributed by atoms with Crippen LogP contribution in [0.15, 0.2) is 29.2 Å². The van der Waals surface area contributed by atoms with Crippen molar-refractivity contribution in [2.75, 3.05) is 27.2 Å². The van der Waals surface area contributed by atoms with Gasteiger partial charge in [0.05, 0.1) is 4.90 Å². The summed E-state index contributed by atoms with van der Waals surface area (Å²) in [5, 5.41) is 3.24. The van der Waals surface area contributed by atoms with Crippen molar-refractivity contribution in [1.29, 1.82) is 0 Å². The molecule has 2 N–H and O–H groups in total.